The monoisotopic (exact) mass is 550 g/mol. The van der Waals surface area contributed by atoms with Crippen molar-refractivity contribution < 1.29 is 31.5 Å². The van der Waals surface area contributed by atoms with E-state index >= 15 is 0 Å². The first-order valence-corrected chi connectivity index (χ1v) is 11.9. The standard InChI is InChI=1S/C25H23F5N6O3/c1-14-31-12-16(19(35-38)13-39-21-7-3-6-20(33-21)25(28,29)30)22(32-14)15-8-10-36(11-9-15)24(37)34-23-17(26)4-2-5-18(23)27/h2-7,12,15,19H,8-11,13H2,1H3,(H,34,37). The van der Waals surface area contributed by atoms with Crippen molar-refractivity contribution in [2.24, 2.45) is 5.18 Å². The van der Waals surface area contributed by atoms with Crippen LogP contribution in [0, 0.1) is 23.5 Å². The number of rotatable bonds is 7. The van der Waals surface area contributed by atoms with Crippen LogP contribution in [-0.2, 0) is 6.18 Å². The number of nitroso groups, excluding NO2 is 1. The first-order valence-electron chi connectivity index (χ1n) is 11.9. The third kappa shape index (κ3) is 6.62. The van der Waals surface area contributed by atoms with Crippen LogP contribution in [0.2, 0.25) is 0 Å². The molecule has 206 valence electrons. The minimum Gasteiger partial charge on any atom is -0.475 e. The molecule has 0 radical (unpaired) electrons. The minimum absolute atomic E-state index is 0.216. The number of likely N-dealkylation sites (tertiary alicyclic amines) is 1. The number of hydrogen-bond donors (Lipinski definition) is 1. The Kier molecular flexibility index (Phi) is 8.31. The number of halogens is 5. The Morgan fingerprint density at radius 3 is 2.44 bits per heavy atom. The highest BCUT2D eigenvalue weighted by atomic mass is 19.4. The highest BCUT2D eigenvalue weighted by Crippen LogP contribution is 2.34. The Morgan fingerprint density at radius 1 is 1.13 bits per heavy atom. The van der Waals surface area contributed by atoms with Crippen molar-refractivity contribution in [1.29, 1.82) is 0 Å². The molecule has 1 saturated heterocycles. The van der Waals surface area contributed by atoms with E-state index in [1.165, 1.54) is 23.2 Å². The van der Waals surface area contributed by atoms with Gasteiger partial charge in [0.15, 0.2) is 6.04 Å². The summed E-state index contributed by atoms with van der Waals surface area (Å²) < 4.78 is 72.0. The van der Waals surface area contributed by atoms with Gasteiger partial charge in [0.1, 0.15) is 35.4 Å². The van der Waals surface area contributed by atoms with Gasteiger partial charge in [-0.2, -0.15) is 18.1 Å². The van der Waals surface area contributed by atoms with Crippen LogP contribution in [0.25, 0.3) is 0 Å². The lowest BCUT2D eigenvalue weighted by atomic mass is 9.89. The molecule has 2 aromatic heterocycles. The Morgan fingerprint density at radius 2 is 1.79 bits per heavy atom. The zero-order valence-electron chi connectivity index (χ0n) is 20.6. The molecule has 3 heterocycles. The number of aromatic nitrogens is 3. The number of urea groups is 1. The lowest BCUT2D eigenvalue weighted by Crippen LogP contribution is -2.41. The number of nitrogens with zero attached hydrogens (tertiary/aromatic N) is 5. The van der Waals surface area contributed by atoms with Crippen LogP contribution in [0.1, 0.15) is 47.6 Å². The van der Waals surface area contributed by atoms with Gasteiger partial charge < -0.3 is 15.0 Å². The first kappa shape index (κ1) is 27.8. The molecule has 39 heavy (non-hydrogen) atoms. The molecule has 0 spiro atoms. The molecule has 1 aromatic carbocycles. The number of pyridine rings is 1. The fourth-order valence-corrected chi connectivity index (χ4v) is 4.23. The number of hydrogen-bond acceptors (Lipinski definition) is 7. The molecular weight excluding hydrogens is 527 g/mol. The summed E-state index contributed by atoms with van der Waals surface area (Å²) in [6.07, 6.45) is -2.40. The van der Waals surface area contributed by atoms with Gasteiger partial charge in [-0.1, -0.05) is 17.3 Å². The predicted molar refractivity (Wildman–Crippen MR) is 129 cm³/mol. The molecule has 0 bridgehead atoms. The second-order valence-electron chi connectivity index (χ2n) is 8.84. The van der Waals surface area contributed by atoms with Crippen LogP contribution in [-0.4, -0.2) is 45.6 Å². The van der Waals surface area contributed by atoms with Crippen LogP contribution in [0.3, 0.4) is 0 Å². The second-order valence-corrected chi connectivity index (χ2v) is 8.84. The van der Waals surface area contributed by atoms with Crippen LogP contribution in [0.4, 0.5) is 32.4 Å². The van der Waals surface area contributed by atoms with E-state index in [2.05, 4.69) is 25.4 Å². The van der Waals surface area contributed by atoms with E-state index in [0.29, 0.717) is 29.9 Å². The Hall–Kier alpha value is -4.23. The molecule has 0 saturated carbocycles. The Labute approximate surface area is 219 Å². The molecule has 0 aliphatic carbocycles. The van der Waals surface area contributed by atoms with E-state index in [1.54, 1.807) is 6.92 Å². The van der Waals surface area contributed by atoms with E-state index in [-0.39, 0.29) is 24.9 Å². The maximum atomic E-state index is 13.9. The number of para-hydroxylation sites is 1. The summed E-state index contributed by atoms with van der Waals surface area (Å²) in [4.78, 5) is 37.8. The van der Waals surface area contributed by atoms with Crippen LogP contribution in [0.15, 0.2) is 47.8 Å². The first-order chi connectivity index (χ1) is 18.6. The van der Waals surface area contributed by atoms with Gasteiger partial charge in [-0.3, -0.25) is 0 Å². The summed E-state index contributed by atoms with van der Waals surface area (Å²) in [6.45, 7) is 1.73. The van der Waals surface area contributed by atoms with Gasteiger partial charge in [0.2, 0.25) is 5.88 Å². The predicted octanol–water partition coefficient (Wildman–Crippen LogP) is 5.78. The number of anilines is 1. The number of amides is 2. The number of benzene rings is 1. The fourth-order valence-electron chi connectivity index (χ4n) is 4.23. The van der Waals surface area contributed by atoms with Crippen molar-refractivity contribution in [3.63, 3.8) is 0 Å². The van der Waals surface area contributed by atoms with Crippen molar-refractivity contribution in [2.75, 3.05) is 25.0 Å². The third-order valence-electron chi connectivity index (χ3n) is 6.22. The molecule has 1 unspecified atom stereocenters. The van der Waals surface area contributed by atoms with Gasteiger partial charge in [0.25, 0.3) is 0 Å². The third-order valence-corrected chi connectivity index (χ3v) is 6.22. The van der Waals surface area contributed by atoms with E-state index in [1.807, 2.05) is 0 Å². The van der Waals surface area contributed by atoms with Gasteiger partial charge in [-0.25, -0.2) is 28.5 Å². The number of piperidine rings is 1. The van der Waals surface area contributed by atoms with Crippen molar-refractivity contribution in [2.45, 2.75) is 37.9 Å². The topological polar surface area (TPSA) is 110 Å². The summed E-state index contributed by atoms with van der Waals surface area (Å²) in [5, 5.41) is 5.34. The Bertz CT molecular complexity index is 1330. The Balaban J connectivity index is 1.44. The van der Waals surface area contributed by atoms with Crippen molar-refractivity contribution in [3.05, 3.63) is 81.9 Å². The van der Waals surface area contributed by atoms with Crippen LogP contribution in [0.5, 0.6) is 5.88 Å². The van der Waals surface area contributed by atoms with Gasteiger partial charge >= 0.3 is 12.2 Å². The van der Waals surface area contributed by atoms with Gasteiger partial charge in [-0.15, -0.1) is 0 Å². The molecule has 1 N–H and O–H groups in total. The minimum atomic E-state index is -4.66. The zero-order valence-corrected chi connectivity index (χ0v) is 20.6. The molecule has 4 rings (SSSR count). The SMILES string of the molecule is Cc1ncc(C(COc2cccc(C(F)(F)F)n2)N=O)c(C2CCN(C(=O)Nc3c(F)cccc3F)CC2)n1. The van der Waals surface area contributed by atoms with E-state index in [0.717, 1.165) is 24.3 Å². The molecule has 1 atom stereocenters. The number of carbonyl (C=O) groups is 1. The molecule has 1 aliphatic heterocycles. The zero-order chi connectivity index (χ0) is 28.2. The van der Waals surface area contributed by atoms with E-state index in [9.17, 15) is 31.7 Å². The largest absolute Gasteiger partial charge is 0.475 e. The average Bonchev–Trinajstić information content (AvgIpc) is 2.91. The molecule has 3 aromatic rings. The lowest BCUT2D eigenvalue weighted by Gasteiger charge is -2.32. The van der Waals surface area contributed by atoms with E-state index in [4.69, 9.17) is 4.74 Å². The van der Waals surface area contributed by atoms with Crippen LogP contribution >= 0.6 is 0 Å². The number of nitrogens with one attached hydrogen (secondary N) is 1. The smallest absolute Gasteiger partial charge is 0.433 e. The highest BCUT2D eigenvalue weighted by Gasteiger charge is 2.33. The number of alkyl halides is 3. The quantitative estimate of drug-likeness (QED) is 0.295. The maximum Gasteiger partial charge on any atom is 0.433 e. The second kappa shape index (κ2) is 11.7. The molecule has 2 amide bonds. The summed E-state index contributed by atoms with van der Waals surface area (Å²) in [5.74, 6) is -1.90. The molecule has 14 heteroatoms. The number of aryl methyl sites for hydroxylation is 1. The van der Waals surface area contributed by atoms with Gasteiger partial charge in [-0.05, 0) is 38.0 Å². The highest BCUT2D eigenvalue weighted by molar-refractivity contribution is 5.89. The van der Waals surface area contributed by atoms with Crippen molar-refractivity contribution in [3.8, 4) is 5.88 Å². The molecule has 1 aliphatic rings. The van der Waals surface area contributed by atoms with Crippen LogP contribution < -0.4 is 10.1 Å². The lowest BCUT2D eigenvalue weighted by molar-refractivity contribution is -0.141. The fraction of sp³-hybridized carbons (Fsp3) is 0.360. The average molecular weight is 550 g/mol. The normalized spacial score (nSPS) is 15.1. The summed E-state index contributed by atoms with van der Waals surface area (Å²) in [6, 6.07) is 4.64. The van der Waals surface area contributed by atoms with Crippen molar-refractivity contribution in [1.82, 2.24) is 19.9 Å². The summed E-state index contributed by atoms with van der Waals surface area (Å²) >= 11 is 0. The molecular formula is C25H23F5N6O3. The molecule has 9 nitrogen and oxygen atoms in total. The summed E-state index contributed by atoms with van der Waals surface area (Å²) in [5.41, 5.74) is -0.816. The number of ether oxygens (including phenoxy) is 1. The summed E-state index contributed by atoms with van der Waals surface area (Å²) in [7, 11) is 0. The molecule has 1 fully saturated rings. The van der Waals surface area contributed by atoms with Crippen molar-refractivity contribution >= 4 is 11.7 Å². The van der Waals surface area contributed by atoms with E-state index < -0.39 is 47.9 Å². The van der Waals surface area contributed by atoms with Gasteiger partial charge in [0, 0.05) is 36.8 Å². The van der Waals surface area contributed by atoms with Gasteiger partial charge in [0.05, 0.1) is 5.69 Å². The number of carbonyl (C=O) groups excluding carboxylic acids is 1. The maximum absolute atomic E-state index is 13.9.